The lowest BCUT2D eigenvalue weighted by atomic mass is 10.6. The molecule has 0 aromatic rings. The zero-order valence-electron chi connectivity index (χ0n) is 12.9. The molecule has 0 radical (unpaired) electrons. The van der Waals surface area contributed by atoms with E-state index < -0.39 is 0 Å². The normalized spacial score (nSPS) is 21.0. The molecule has 0 aromatic heterocycles. The van der Waals surface area contributed by atoms with Crippen LogP contribution in [0.5, 0.6) is 0 Å². The molecule has 0 amide bonds. The van der Waals surface area contributed by atoms with Crippen molar-refractivity contribution < 1.29 is 28.4 Å². The molecule has 1 aliphatic rings. The van der Waals surface area contributed by atoms with Crippen LogP contribution in [0.15, 0.2) is 0 Å². The summed E-state index contributed by atoms with van der Waals surface area (Å²) in [4.78, 5) is 0. The molecule has 0 aromatic carbocycles. The van der Waals surface area contributed by atoms with E-state index in [1.165, 1.54) is 6.92 Å². The van der Waals surface area contributed by atoms with Gasteiger partial charge in [-0.05, 0) is 0 Å². The summed E-state index contributed by atoms with van der Waals surface area (Å²) in [6, 6.07) is 1.75. The average molecular weight is 305 g/mol. The van der Waals surface area contributed by atoms with Gasteiger partial charge in [-0.2, -0.15) is 5.26 Å². The van der Waals surface area contributed by atoms with Gasteiger partial charge in [-0.25, -0.2) is 0 Å². The number of nitrogens with zero attached hydrogens (tertiary/aromatic N) is 1. The highest BCUT2D eigenvalue weighted by Crippen LogP contribution is 1.86. The first-order valence-electron chi connectivity index (χ1n) is 7.19. The Morgan fingerprint density at radius 1 is 0.476 bits per heavy atom. The van der Waals surface area contributed by atoms with Crippen molar-refractivity contribution in [2.24, 2.45) is 0 Å². The molecule has 0 bridgehead atoms. The molecule has 0 unspecified atom stereocenters. The molecule has 1 heterocycles. The van der Waals surface area contributed by atoms with Gasteiger partial charge in [0, 0.05) is 6.92 Å². The van der Waals surface area contributed by atoms with Gasteiger partial charge in [-0.15, -0.1) is 0 Å². The lowest BCUT2D eigenvalue weighted by Gasteiger charge is -2.09. The van der Waals surface area contributed by atoms with Gasteiger partial charge >= 0.3 is 0 Å². The minimum atomic E-state index is 0.586. The maximum absolute atomic E-state index is 7.32. The van der Waals surface area contributed by atoms with Gasteiger partial charge in [0.25, 0.3) is 0 Å². The first-order chi connectivity index (χ1) is 10.4. The monoisotopic (exact) mass is 305 g/mol. The molecule has 124 valence electrons. The van der Waals surface area contributed by atoms with Crippen molar-refractivity contribution in [3.05, 3.63) is 0 Å². The van der Waals surface area contributed by atoms with Gasteiger partial charge in [0.1, 0.15) is 0 Å². The van der Waals surface area contributed by atoms with Crippen LogP contribution in [-0.2, 0) is 28.4 Å². The lowest BCUT2D eigenvalue weighted by Crippen LogP contribution is -2.16. The van der Waals surface area contributed by atoms with Crippen LogP contribution < -0.4 is 0 Å². The van der Waals surface area contributed by atoms with Crippen molar-refractivity contribution in [3.63, 3.8) is 0 Å². The Morgan fingerprint density at radius 2 is 0.571 bits per heavy atom. The lowest BCUT2D eigenvalue weighted by molar-refractivity contribution is -0.0334. The van der Waals surface area contributed by atoms with E-state index in [0.717, 1.165) is 0 Å². The van der Waals surface area contributed by atoms with Crippen molar-refractivity contribution in [3.8, 4) is 6.07 Å². The van der Waals surface area contributed by atoms with Crippen LogP contribution in [0.4, 0.5) is 0 Å². The van der Waals surface area contributed by atoms with Gasteiger partial charge in [-0.3, -0.25) is 0 Å². The Morgan fingerprint density at radius 3 is 0.667 bits per heavy atom. The summed E-state index contributed by atoms with van der Waals surface area (Å²) in [5, 5.41) is 7.32. The number of rotatable bonds is 0. The highest BCUT2D eigenvalue weighted by molar-refractivity contribution is 4.51. The number of ether oxygens (including phenoxy) is 6. The Bertz CT molecular complexity index is 159. The summed E-state index contributed by atoms with van der Waals surface area (Å²) in [7, 11) is 0. The van der Waals surface area contributed by atoms with E-state index in [1.807, 2.05) is 0 Å². The van der Waals surface area contributed by atoms with Crippen LogP contribution in [0.25, 0.3) is 0 Å². The molecule has 1 fully saturated rings. The summed E-state index contributed by atoms with van der Waals surface area (Å²) in [6.07, 6.45) is 0. The van der Waals surface area contributed by atoms with Gasteiger partial charge in [0.2, 0.25) is 0 Å². The molecule has 1 rings (SSSR count). The maximum atomic E-state index is 7.32. The van der Waals surface area contributed by atoms with E-state index in [9.17, 15) is 0 Å². The van der Waals surface area contributed by atoms with Crippen molar-refractivity contribution in [2.75, 3.05) is 79.3 Å². The molecule has 21 heavy (non-hydrogen) atoms. The smallest absolute Gasteiger partial charge is 0.0701 e. The quantitative estimate of drug-likeness (QED) is 0.649. The Labute approximate surface area is 127 Å². The standard InChI is InChI=1S/C12H24O6.C2H3N/c1-2-14-5-6-16-9-10-18-12-11-17-8-7-15-4-3-13-1;1-2-3/h1-12H2;1H3. The molecule has 0 spiro atoms. The largest absolute Gasteiger partial charge is 0.377 e. The van der Waals surface area contributed by atoms with E-state index in [1.54, 1.807) is 6.07 Å². The number of nitriles is 1. The molecule has 0 atom stereocenters. The predicted octanol–water partition coefficient (Wildman–Crippen LogP) is 0.629. The first-order valence-corrected chi connectivity index (χ1v) is 7.19. The van der Waals surface area contributed by atoms with Crippen molar-refractivity contribution in [1.82, 2.24) is 0 Å². The van der Waals surface area contributed by atoms with Gasteiger partial charge in [0.15, 0.2) is 0 Å². The molecule has 0 saturated carbocycles. The SMILES string of the molecule is C1COCCOCCOCCOCCOCCO1.CC#N. The van der Waals surface area contributed by atoms with Crippen molar-refractivity contribution >= 4 is 0 Å². The Balaban J connectivity index is 0.00000122. The summed E-state index contributed by atoms with van der Waals surface area (Å²) < 4.78 is 32.0. The van der Waals surface area contributed by atoms with Crippen LogP contribution in [-0.4, -0.2) is 79.3 Å². The number of hydrogen-bond donors (Lipinski definition) is 0. The topological polar surface area (TPSA) is 79.2 Å². The summed E-state index contributed by atoms with van der Waals surface area (Å²) in [5.74, 6) is 0. The van der Waals surface area contributed by atoms with Gasteiger partial charge in [-0.1, -0.05) is 0 Å². The minimum Gasteiger partial charge on any atom is -0.377 e. The average Bonchev–Trinajstić information content (AvgIpc) is 2.48. The fraction of sp³-hybridized carbons (Fsp3) is 0.929. The highest BCUT2D eigenvalue weighted by atomic mass is 16.6. The summed E-state index contributed by atoms with van der Waals surface area (Å²) >= 11 is 0. The summed E-state index contributed by atoms with van der Waals surface area (Å²) in [5.41, 5.74) is 0. The second-order valence-corrected chi connectivity index (χ2v) is 3.90. The third kappa shape index (κ3) is 19.2. The van der Waals surface area contributed by atoms with E-state index in [4.69, 9.17) is 33.7 Å². The molecule has 0 N–H and O–H groups in total. The first kappa shape index (κ1) is 20.2. The molecule has 1 aliphatic heterocycles. The highest BCUT2D eigenvalue weighted by Gasteiger charge is 1.95. The van der Waals surface area contributed by atoms with E-state index in [2.05, 4.69) is 0 Å². The fourth-order valence-electron chi connectivity index (χ4n) is 1.32. The maximum Gasteiger partial charge on any atom is 0.0701 e. The van der Waals surface area contributed by atoms with Crippen molar-refractivity contribution in [1.29, 1.82) is 5.26 Å². The molecule has 0 aliphatic carbocycles. The second kappa shape index (κ2) is 19.2. The van der Waals surface area contributed by atoms with Crippen LogP contribution in [0, 0.1) is 11.3 Å². The molecular formula is C14H27NO6. The van der Waals surface area contributed by atoms with Gasteiger partial charge < -0.3 is 28.4 Å². The predicted molar refractivity (Wildman–Crippen MR) is 76.2 cm³/mol. The zero-order chi connectivity index (χ0) is 15.4. The minimum absolute atomic E-state index is 0.586. The van der Waals surface area contributed by atoms with Crippen LogP contribution in [0.3, 0.4) is 0 Å². The van der Waals surface area contributed by atoms with Crippen LogP contribution in [0.2, 0.25) is 0 Å². The van der Waals surface area contributed by atoms with Gasteiger partial charge in [0.05, 0.1) is 85.4 Å². The van der Waals surface area contributed by atoms with Crippen LogP contribution >= 0.6 is 0 Å². The van der Waals surface area contributed by atoms with E-state index in [0.29, 0.717) is 79.3 Å². The molecular weight excluding hydrogens is 278 g/mol. The molecule has 1 saturated heterocycles. The Hall–Kier alpha value is -0.750. The fourth-order valence-corrected chi connectivity index (χ4v) is 1.32. The summed E-state index contributed by atoms with van der Waals surface area (Å²) in [6.45, 7) is 8.47. The van der Waals surface area contributed by atoms with Crippen molar-refractivity contribution in [2.45, 2.75) is 6.92 Å². The van der Waals surface area contributed by atoms with E-state index >= 15 is 0 Å². The van der Waals surface area contributed by atoms with E-state index in [-0.39, 0.29) is 0 Å². The molecule has 7 nitrogen and oxygen atoms in total. The number of hydrogen-bond acceptors (Lipinski definition) is 7. The second-order valence-electron chi connectivity index (χ2n) is 3.90. The molecule has 7 heteroatoms. The third-order valence-corrected chi connectivity index (χ3v) is 2.23. The van der Waals surface area contributed by atoms with Crippen LogP contribution in [0.1, 0.15) is 6.92 Å². The zero-order valence-corrected chi connectivity index (χ0v) is 12.9. The Kier molecular flexibility index (Phi) is 18.6. The third-order valence-electron chi connectivity index (χ3n) is 2.23.